The standard InChI is InChI=1S/C14H14F3NO/c1-4-9-18(13(19)14(15,16)17)12-8-6-5-7-11(12)10(2)3/h4-9H,2H2,1,3H3/b9-4+. The molecule has 0 aliphatic heterocycles. The van der Waals surface area contributed by atoms with Crippen molar-refractivity contribution in [3.05, 3.63) is 48.7 Å². The quantitative estimate of drug-likeness (QED) is 0.807. The number of allylic oxidation sites excluding steroid dienone is 2. The minimum atomic E-state index is -4.93. The summed E-state index contributed by atoms with van der Waals surface area (Å²) >= 11 is 0. The van der Waals surface area contributed by atoms with Gasteiger partial charge in [0.1, 0.15) is 0 Å². The van der Waals surface area contributed by atoms with Crippen molar-refractivity contribution in [3.63, 3.8) is 0 Å². The molecular weight excluding hydrogens is 255 g/mol. The summed E-state index contributed by atoms with van der Waals surface area (Å²) in [6, 6.07) is 6.33. The number of alkyl halides is 3. The van der Waals surface area contributed by atoms with Gasteiger partial charge in [-0.2, -0.15) is 13.2 Å². The number of carbonyl (C=O) groups is 1. The molecule has 0 bridgehead atoms. The third kappa shape index (κ3) is 3.47. The van der Waals surface area contributed by atoms with Gasteiger partial charge in [-0.1, -0.05) is 30.9 Å². The minimum absolute atomic E-state index is 0.162. The first kappa shape index (κ1) is 15.0. The number of hydrogen-bond acceptors (Lipinski definition) is 1. The Balaban J connectivity index is 3.36. The molecule has 0 aliphatic rings. The van der Waals surface area contributed by atoms with Crippen LogP contribution in [0.1, 0.15) is 19.4 Å². The molecule has 0 unspecified atom stereocenters. The van der Waals surface area contributed by atoms with E-state index in [4.69, 9.17) is 0 Å². The minimum Gasteiger partial charge on any atom is -0.280 e. The second kappa shape index (κ2) is 5.73. The molecule has 0 fully saturated rings. The first-order valence-corrected chi connectivity index (χ1v) is 5.57. The number of rotatable bonds is 3. The molecule has 0 N–H and O–H groups in total. The fraction of sp³-hybridized carbons (Fsp3) is 0.214. The molecule has 1 aromatic carbocycles. The predicted molar refractivity (Wildman–Crippen MR) is 69.5 cm³/mol. The van der Waals surface area contributed by atoms with E-state index < -0.39 is 12.1 Å². The van der Waals surface area contributed by atoms with Gasteiger partial charge < -0.3 is 0 Å². The van der Waals surface area contributed by atoms with Crippen LogP contribution in [-0.4, -0.2) is 12.1 Å². The average molecular weight is 269 g/mol. The van der Waals surface area contributed by atoms with Crippen molar-refractivity contribution >= 4 is 17.2 Å². The zero-order chi connectivity index (χ0) is 14.6. The summed E-state index contributed by atoms with van der Waals surface area (Å²) in [5, 5.41) is 0. The largest absolute Gasteiger partial charge is 0.472 e. The number of benzene rings is 1. The summed E-state index contributed by atoms with van der Waals surface area (Å²) in [5.74, 6) is -1.93. The lowest BCUT2D eigenvalue weighted by molar-refractivity contribution is -0.169. The van der Waals surface area contributed by atoms with E-state index in [-0.39, 0.29) is 5.69 Å². The Morgan fingerprint density at radius 3 is 2.37 bits per heavy atom. The Hall–Kier alpha value is -2.04. The highest BCUT2D eigenvalue weighted by atomic mass is 19.4. The fourth-order valence-electron chi connectivity index (χ4n) is 1.59. The molecule has 5 heteroatoms. The van der Waals surface area contributed by atoms with Crippen molar-refractivity contribution in [2.24, 2.45) is 0 Å². The van der Waals surface area contributed by atoms with E-state index in [2.05, 4.69) is 6.58 Å². The van der Waals surface area contributed by atoms with E-state index in [1.165, 1.54) is 12.1 Å². The van der Waals surface area contributed by atoms with E-state index in [0.29, 0.717) is 16.0 Å². The summed E-state index contributed by atoms with van der Waals surface area (Å²) in [5.41, 5.74) is 1.24. The van der Waals surface area contributed by atoms with Crippen LogP contribution in [0.2, 0.25) is 0 Å². The van der Waals surface area contributed by atoms with E-state index in [1.807, 2.05) is 0 Å². The van der Waals surface area contributed by atoms with Gasteiger partial charge in [-0.05, 0) is 25.5 Å². The van der Waals surface area contributed by atoms with Crippen LogP contribution in [0, 0.1) is 0 Å². The molecule has 1 amide bonds. The summed E-state index contributed by atoms with van der Waals surface area (Å²) in [7, 11) is 0. The van der Waals surface area contributed by atoms with Crippen LogP contribution in [-0.2, 0) is 4.79 Å². The molecule has 0 aliphatic carbocycles. The monoisotopic (exact) mass is 269 g/mol. The molecule has 0 heterocycles. The average Bonchev–Trinajstić information content (AvgIpc) is 2.34. The van der Waals surface area contributed by atoms with Crippen LogP contribution in [0.15, 0.2) is 43.1 Å². The zero-order valence-electron chi connectivity index (χ0n) is 10.7. The summed E-state index contributed by atoms with van der Waals surface area (Å²) in [6.45, 7) is 6.92. The van der Waals surface area contributed by atoms with Crippen LogP contribution < -0.4 is 4.90 Å². The molecular formula is C14H14F3NO. The third-order valence-corrected chi connectivity index (χ3v) is 2.38. The maximum atomic E-state index is 12.6. The Labute approximate surface area is 109 Å². The van der Waals surface area contributed by atoms with Crippen molar-refractivity contribution < 1.29 is 18.0 Å². The Kier molecular flexibility index (Phi) is 4.53. The van der Waals surface area contributed by atoms with Crippen molar-refractivity contribution in [1.82, 2.24) is 0 Å². The molecule has 1 rings (SSSR count). The van der Waals surface area contributed by atoms with E-state index >= 15 is 0 Å². The smallest absolute Gasteiger partial charge is 0.280 e. The summed E-state index contributed by atoms with van der Waals surface area (Å²) < 4.78 is 37.8. The van der Waals surface area contributed by atoms with Crippen molar-refractivity contribution in [2.75, 3.05) is 4.90 Å². The summed E-state index contributed by atoms with van der Waals surface area (Å²) in [6.07, 6.45) is -2.46. The van der Waals surface area contributed by atoms with Crippen LogP contribution in [0.4, 0.5) is 18.9 Å². The third-order valence-electron chi connectivity index (χ3n) is 2.38. The number of amides is 1. The van der Waals surface area contributed by atoms with Gasteiger partial charge >= 0.3 is 12.1 Å². The van der Waals surface area contributed by atoms with Crippen molar-refractivity contribution in [1.29, 1.82) is 0 Å². The number of halogens is 3. The lowest BCUT2D eigenvalue weighted by Crippen LogP contribution is -2.38. The SMILES string of the molecule is C=C(C)c1ccccc1N(/C=C/C)C(=O)C(F)(F)F. The van der Waals surface area contributed by atoms with Crippen LogP contribution in [0.25, 0.3) is 5.57 Å². The van der Waals surface area contributed by atoms with E-state index in [1.54, 1.807) is 32.0 Å². The highest BCUT2D eigenvalue weighted by Crippen LogP contribution is 2.30. The highest BCUT2D eigenvalue weighted by Gasteiger charge is 2.42. The predicted octanol–water partition coefficient (Wildman–Crippen LogP) is 4.15. The molecule has 102 valence electrons. The molecule has 0 aromatic heterocycles. The van der Waals surface area contributed by atoms with Crippen LogP contribution >= 0.6 is 0 Å². The zero-order valence-corrected chi connectivity index (χ0v) is 10.7. The first-order chi connectivity index (χ1) is 8.79. The molecule has 0 saturated heterocycles. The lowest BCUT2D eigenvalue weighted by atomic mass is 10.1. The van der Waals surface area contributed by atoms with E-state index in [9.17, 15) is 18.0 Å². The maximum absolute atomic E-state index is 12.6. The van der Waals surface area contributed by atoms with Gasteiger partial charge in [0.2, 0.25) is 0 Å². The molecule has 2 nitrogen and oxygen atoms in total. The topological polar surface area (TPSA) is 20.3 Å². The van der Waals surface area contributed by atoms with Crippen LogP contribution in [0.5, 0.6) is 0 Å². The molecule has 19 heavy (non-hydrogen) atoms. The lowest BCUT2D eigenvalue weighted by Gasteiger charge is -2.22. The molecule has 0 atom stereocenters. The fourth-order valence-corrected chi connectivity index (χ4v) is 1.59. The highest BCUT2D eigenvalue weighted by molar-refractivity contribution is 6.01. The number of para-hydroxylation sites is 1. The number of carbonyl (C=O) groups excluding carboxylic acids is 1. The Morgan fingerprint density at radius 2 is 1.89 bits per heavy atom. The van der Waals surface area contributed by atoms with Crippen molar-refractivity contribution in [2.45, 2.75) is 20.0 Å². The summed E-state index contributed by atoms with van der Waals surface area (Å²) in [4.78, 5) is 12.0. The number of anilines is 1. The van der Waals surface area contributed by atoms with Gasteiger partial charge in [0.05, 0.1) is 5.69 Å². The van der Waals surface area contributed by atoms with Gasteiger partial charge in [-0.3, -0.25) is 9.69 Å². The van der Waals surface area contributed by atoms with Crippen molar-refractivity contribution in [3.8, 4) is 0 Å². The number of nitrogens with zero attached hydrogens (tertiary/aromatic N) is 1. The molecule has 1 aromatic rings. The molecule has 0 saturated carbocycles. The Morgan fingerprint density at radius 1 is 1.32 bits per heavy atom. The number of hydrogen-bond donors (Lipinski definition) is 0. The Bertz CT molecular complexity index is 518. The van der Waals surface area contributed by atoms with Gasteiger partial charge in [0, 0.05) is 11.8 Å². The first-order valence-electron chi connectivity index (χ1n) is 5.57. The second-order valence-corrected chi connectivity index (χ2v) is 3.95. The molecule has 0 radical (unpaired) electrons. The maximum Gasteiger partial charge on any atom is 0.472 e. The van der Waals surface area contributed by atoms with Gasteiger partial charge in [0.25, 0.3) is 0 Å². The van der Waals surface area contributed by atoms with Gasteiger partial charge in [-0.25, -0.2) is 0 Å². The molecule has 0 spiro atoms. The van der Waals surface area contributed by atoms with E-state index in [0.717, 1.165) is 6.20 Å². The van der Waals surface area contributed by atoms with Crippen LogP contribution in [0.3, 0.4) is 0 Å². The van der Waals surface area contributed by atoms with Gasteiger partial charge in [0.15, 0.2) is 0 Å². The van der Waals surface area contributed by atoms with Gasteiger partial charge in [-0.15, -0.1) is 0 Å². The second-order valence-electron chi connectivity index (χ2n) is 3.95. The normalized spacial score (nSPS) is 11.6.